The number of hydrogen-bond donors (Lipinski definition) is 2. The van der Waals surface area contributed by atoms with Gasteiger partial charge in [0.15, 0.2) is 0 Å². The lowest BCUT2D eigenvalue weighted by molar-refractivity contribution is 0.102. The van der Waals surface area contributed by atoms with Gasteiger partial charge in [0.2, 0.25) is 0 Å². The molecular weight excluding hydrogens is 506 g/mol. The third-order valence-corrected chi connectivity index (χ3v) is 7.96. The van der Waals surface area contributed by atoms with E-state index in [0.717, 1.165) is 60.9 Å². The summed E-state index contributed by atoms with van der Waals surface area (Å²) in [7, 11) is 0. The molecule has 6 nitrogen and oxygen atoms in total. The van der Waals surface area contributed by atoms with Gasteiger partial charge >= 0.3 is 0 Å². The number of nitrogens with one attached hydrogen (secondary N) is 2. The molecule has 6 heteroatoms. The lowest BCUT2D eigenvalue weighted by Crippen LogP contribution is -2.46. The van der Waals surface area contributed by atoms with Gasteiger partial charge in [-0.25, -0.2) is 0 Å². The Hall–Kier alpha value is -4.34. The number of rotatable bonds is 8. The number of amides is 1. The zero-order chi connectivity index (χ0) is 28.9. The number of aromatic amines is 1. The van der Waals surface area contributed by atoms with Gasteiger partial charge in [0.05, 0.1) is 5.56 Å². The first-order valence-electron chi connectivity index (χ1n) is 14.5. The van der Waals surface area contributed by atoms with Crippen LogP contribution in [0.2, 0.25) is 0 Å². The second kappa shape index (κ2) is 12.4. The highest BCUT2D eigenvalue weighted by atomic mass is 16.1. The average Bonchev–Trinajstić information content (AvgIpc) is 3.45. The van der Waals surface area contributed by atoms with Crippen LogP contribution in [0, 0.1) is 11.3 Å². The molecule has 1 aliphatic heterocycles. The Morgan fingerprint density at radius 3 is 2.24 bits per heavy atom. The second-order valence-corrected chi connectivity index (χ2v) is 11.5. The molecule has 1 amide bonds. The van der Waals surface area contributed by atoms with Crippen molar-refractivity contribution in [1.82, 2.24) is 9.88 Å². The smallest absolute Gasteiger partial charge is 0.256 e. The zero-order valence-electron chi connectivity index (χ0n) is 24.4. The van der Waals surface area contributed by atoms with Gasteiger partial charge in [0.1, 0.15) is 6.07 Å². The van der Waals surface area contributed by atoms with Crippen molar-refractivity contribution in [1.29, 1.82) is 5.26 Å². The molecule has 1 aromatic heterocycles. The predicted molar refractivity (Wildman–Crippen MR) is 167 cm³/mol. The molecule has 0 atom stereocenters. The number of carbonyl (C=O) groups is 1. The summed E-state index contributed by atoms with van der Waals surface area (Å²) in [6.07, 6.45) is 1.76. The van der Waals surface area contributed by atoms with E-state index in [-0.39, 0.29) is 5.91 Å². The van der Waals surface area contributed by atoms with Crippen LogP contribution in [-0.4, -0.2) is 42.0 Å². The standard InChI is InChI=1S/C35H39N5O/c1-24(2)27-8-10-28(11-9-27)34-32(25(3)4)6-5-7-33(34)35(41)38-29-12-14-31(15-13-29)40-18-16-39(17-19-40)23-30-20-26(21-36)22-37-30/h5-15,20,22,24-25,37H,16-19,23H2,1-4H3,(H,38,41). The van der Waals surface area contributed by atoms with Crippen LogP contribution in [0.1, 0.15) is 72.3 Å². The summed E-state index contributed by atoms with van der Waals surface area (Å²) in [5.41, 5.74) is 8.92. The lowest BCUT2D eigenvalue weighted by atomic mass is 9.87. The van der Waals surface area contributed by atoms with Crippen molar-refractivity contribution in [3.05, 3.63) is 107 Å². The van der Waals surface area contributed by atoms with E-state index in [0.29, 0.717) is 23.0 Å². The van der Waals surface area contributed by atoms with Crippen molar-refractivity contribution in [2.45, 2.75) is 46.1 Å². The lowest BCUT2D eigenvalue weighted by Gasteiger charge is -2.36. The Kier molecular flexibility index (Phi) is 8.56. The molecule has 0 aliphatic carbocycles. The van der Waals surface area contributed by atoms with E-state index >= 15 is 0 Å². The van der Waals surface area contributed by atoms with E-state index in [4.69, 9.17) is 5.26 Å². The van der Waals surface area contributed by atoms with Crippen LogP contribution >= 0.6 is 0 Å². The van der Waals surface area contributed by atoms with E-state index < -0.39 is 0 Å². The first-order valence-corrected chi connectivity index (χ1v) is 14.5. The van der Waals surface area contributed by atoms with Crippen LogP contribution < -0.4 is 10.2 Å². The highest BCUT2D eigenvalue weighted by molar-refractivity contribution is 6.09. The highest BCUT2D eigenvalue weighted by Crippen LogP contribution is 2.34. The van der Waals surface area contributed by atoms with Gasteiger partial charge in [-0.2, -0.15) is 5.26 Å². The quantitative estimate of drug-likeness (QED) is 0.242. The summed E-state index contributed by atoms with van der Waals surface area (Å²) in [4.78, 5) is 21.6. The molecule has 0 radical (unpaired) electrons. The number of H-pyrrole nitrogens is 1. The van der Waals surface area contributed by atoms with Crippen molar-refractivity contribution in [3.63, 3.8) is 0 Å². The summed E-state index contributed by atoms with van der Waals surface area (Å²) in [5, 5.41) is 12.2. The first-order chi connectivity index (χ1) is 19.8. The Balaban J connectivity index is 1.26. The molecule has 1 fully saturated rings. The van der Waals surface area contributed by atoms with Crippen LogP contribution in [0.5, 0.6) is 0 Å². The Labute approximate surface area is 243 Å². The van der Waals surface area contributed by atoms with Gasteiger partial charge in [0.25, 0.3) is 5.91 Å². The maximum atomic E-state index is 13.6. The van der Waals surface area contributed by atoms with Gasteiger partial charge in [0, 0.05) is 61.6 Å². The van der Waals surface area contributed by atoms with Gasteiger partial charge in [-0.3, -0.25) is 9.69 Å². The molecule has 0 bridgehead atoms. The number of benzene rings is 3. The zero-order valence-corrected chi connectivity index (χ0v) is 24.4. The molecule has 1 aliphatic rings. The van der Waals surface area contributed by atoms with Gasteiger partial charge in [-0.15, -0.1) is 0 Å². The van der Waals surface area contributed by atoms with E-state index in [1.165, 1.54) is 11.1 Å². The number of carbonyl (C=O) groups excluding carboxylic acids is 1. The molecule has 41 heavy (non-hydrogen) atoms. The van der Waals surface area contributed by atoms with E-state index in [9.17, 15) is 4.79 Å². The van der Waals surface area contributed by atoms with Crippen molar-refractivity contribution >= 4 is 17.3 Å². The Morgan fingerprint density at radius 2 is 1.63 bits per heavy atom. The van der Waals surface area contributed by atoms with E-state index in [2.05, 4.69) is 96.3 Å². The van der Waals surface area contributed by atoms with Crippen LogP contribution in [-0.2, 0) is 6.54 Å². The minimum absolute atomic E-state index is 0.0966. The number of hydrogen-bond acceptors (Lipinski definition) is 4. The SMILES string of the molecule is CC(C)c1ccc(-c2c(C(=O)Nc3ccc(N4CCN(Cc5cc(C#N)c[nH]5)CC4)cc3)cccc2C(C)C)cc1. The summed E-state index contributed by atoms with van der Waals surface area (Å²) in [5.74, 6) is 0.655. The minimum atomic E-state index is -0.0966. The highest BCUT2D eigenvalue weighted by Gasteiger charge is 2.20. The van der Waals surface area contributed by atoms with Gasteiger partial charge in [-0.05, 0) is 70.5 Å². The molecule has 3 aromatic carbocycles. The number of anilines is 2. The maximum Gasteiger partial charge on any atom is 0.256 e. The van der Waals surface area contributed by atoms with E-state index in [1.807, 2.05) is 30.3 Å². The number of nitriles is 1. The first kappa shape index (κ1) is 28.2. The van der Waals surface area contributed by atoms with Crippen molar-refractivity contribution in [2.75, 3.05) is 36.4 Å². The van der Waals surface area contributed by atoms with Crippen molar-refractivity contribution < 1.29 is 4.79 Å². The van der Waals surface area contributed by atoms with Gasteiger partial charge in [-0.1, -0.05) is 64.1 Å². The summed E-state index contributed by atoms with van der Waals surface area (Å²) < 4.78 is 0. The third-order valence-electron chi connectivity index (χ3n) is 7.96. The van der Waals surface area contributed by atoms with Crippen molar-refractivity contribution in [2.24, 2.45) is 0 Å². The second-order valence-electron chi connectivity index (χ2n) is 11.5. The number of piperazine rings is 1. The topological polar surface area (TPSA) is 75.2 Å². The van der Waals surface area contributed by atoms with Crippen molar-refractivity contribution in [3.8, 4) is 17.2 Å². The fraction of sp³-hybridized carbons (Fsp3) is 0.314. The third kappa shape index (κ3) is 6.53. The molecule has 2 N–H and O–H groups in total. The molecule has 210 valence electrons. The Bertz CT molecular complexity index is 1520. The fourth-order valence-corrected chi connectivity index (χ4v) is 5.55. The molecule has 0 saturated carbocycles. The summed E-state index contributed by atoms with van der Waals surface area (Å²) in [6.45, 7) is 13.3. The fourth-order valence-electron chi connectivity index (χ4n) is 5.55. The number of nitrogens with zero attached hydrogens (tertiary/aromatic N) is 3. The monoisotopic (exact) mass is 545 g/mol. The minimum Gasteiger partial charge on any atom is -0.369 e. The van der Waals surface area contributed by atoms with Crippen LogP contribution in [0.25, 0.3) is 11.1 Å². The summed E-state index contributed by atoms with van der Waals surface area (Å²) in [6, 6.07) is 26.9. The maximum absolute atomic E-state index is 13.6. The molecule has 5 rings (SSSR count). The molecule has 0 spiro atoms. The number of aromatic nitrogens is 1. The van der Waals surface area contributed by atoms with Crippen LogP contribution in [0.4, 0.5) is 11.4 Å². The molecule has 4 aromatic rings. The van der Waals surface area contributed by atoms with Gasteiger partial charge < -0.3 is 15.2 Å². The molecule has 2 heterocycles. The van der Waals surface area contributed by atoms with E-state index in [1.54, 1.807) is 6.20 Å². The largest absolute Gasteiger partial charge is 0.369 e. The molecule has 0 unspecified atom stereocenters. The van der Waals surface area contributed by atoms with Crippen LogP contribution in [0.15, 0.2) is 79.0 Å². The predicted octanol–water partition coefficient (Wildman–Crippen LogP) is 7.37. The average molecular weight is 546 g/mol. The summed E-state index contributed by atoms with van der Waals surface area (Å²) >= 11 is 0. The van der Waals surface area contributed by atoms with Crippen LogP contribution in [0.3, 0.4) is 0 Å². The Morgan fingerprint density at radius 1 is 0.927 bits per heavy atom. The normalized spacial score (nSPS) is 13.9. The molecule has 1 saturated heterocycles. The molecular formula is C35H39N5O.